The smallest absolute Gasteiger partial charge is 0.120 e. The normalized spacial score (nSPS) is 17.9. The highest BCUT2D eigenvalue weighted by Gasteiger charge is 2.26. The topological polar surface area (TPSA) is 17.4 Å². The zero-order valence-electron chi connectivity index (χ0n) is 12.6. The van der Waals surface area contributed by atoms with Crippen molar-refractivity contribution in [1.29, 1.82) is 0 Å². The van der Waals surface area contributed by atoms with Gasteiger partial charge in [-0.3, -0.25) is 0 Å². The average Bonchev–Trinajstić information content (AvgIpc) is 2.72. The van der Waals surface area contributed by atoms with Gasteiger partial charge in [-0.2, -0.15) is 0 Å². The molecular formula is C16H23ClN2O. The minimum absolute atomic E-state index is 0. The van der Waals surface area contributed by atoms with E-state index >= 15 is 0 Å². The molecule has 0 saturated heterocycles. The molecule has 3 nitrogen and oxygen atoms in total. The lowest BCUT2D eigenvalue weighted by Gasteiger charge is -2.31. The fraction of sp³-hybridized carbons (Fsp3) is 0.500. The molecule has 0 fully saturated rings. The van der Waals surface area contributed by atoms with Gasteiger partial charge in [-0.25, -0.2) is 0 Å². The highest BCUT2D eigenvalue weighted by Crippen LogP contribution is 2.38. The first-order chi connectivity index (χ1) is 9.13. The van der Waals surface area contributed by atoms with Crippen molar-refractivity contribution in [3.05, 3.63) is 29.5 Å². The summed E-state index contributed by atoms with van der Waals surface area (Å²) in [6.45, 7) is 3.37. The number of fused-ring (bicyclic) bond motifs is 3. The van der Waals surface area contributed by atoms with Crippen LogP contribution in [0.25, 0.3) is 10.9 Å². The Kier molecular flexibility index (Phi) is 4.31. The molecule has 1 aliphatic rings. The molecular weight excluding hydrogens is 272 g/mol. The Labute approximate surface area is 126 Å². The number of hydrogen-bond acceptors (Lipinski definition) is 2. The zero-order chi connectivity index (χ0) is 13.6. The largest absolute Gasteiger partial charge is 0.497 e. The molecule has 1 aliphatic heterocycles. The Morgan fingerprint density at radius 3 is 2.70 bits per heavy atom. The highest BCUT2D eigenvalue weighted by atomic mass is 35.5. The number of nitrogens with zero attached hydrogens (tertiary/aromatic N) is 2. The number of benzene rings is 1. The molecule has 1 aromatic heterocycles. The summed E-state index contributed by atoms with van der Waals surface area (Å²) in [4.78, 5) is 2.34. The Balaban J connectivity index is 0.00000147. The molecule has 1 atom stereocenters. The van der Waals surface area contributed by atoms with Crippen LogP contribution in [0, 0.1) is 6.92 Å². The van der Waals surface area contributed by atoms with Crippen LogP contribution >= 0.6 is 12.4 Å². The van der Waals surface area contributed by atoms with Gasteiger partial charge in [-0.15, -0.1) is 12.4 Å². The monoisotopic (exact) mass is 294 g/mol. The van der Waals surface area contributed by atoms with Gasteiger partial charge >= 0.3 is 0 Å². The molecule has 0 amide bonds. The number of aryl methyl sites for hydroxylation is 2. The van der Waals surface area contributed by atoms with Crippen LogP contribution < -0.4 is 4.74 Å². The lowest BCUT2D eigenvalue weighted by Crippen LogP contribution is -2.27. The molecule has 0 aliphatic carbocycles. The summed E-state index contributed by atoms with van der Waals surface area (Å²) in [5, 5.41) is 1.37. The number of rotatable bonds is 2. The first kappa shape index (κ1) is 15.2. The second-order valence-corrected chi connectivity index (χ2v) is 5.67. The summed E-state index contributed by atoms with van der Waals surface area (Å²) >= 11 is 0. The van der Waals surface area contributed by atoms with Gasteiger partial charge in [0.05, 0.1) is 12.6 Å². The number of methoxy groups -OCH3 is 1. The van der Waals surface area contributed by atoms with Gasteiger partial charge in [0.1, 0.15) is 5.75 Å². The van der Waals surface area contributed by atoms with Gasteiger partial charge in [0.15, 0.2) is 0 Å². The van der Waals surface area contributed by atoms with Gasteiger partial charge in [0, 0.05) is 29.7 Å². The lowest BCUT2D eigenvalue weighted by atomic mass is 10.00. The van der Waals surface area contributed by atoms with E-state index in [1.54, 1.807) is 7.11 Å². The van der Waals surface area contributed by atoms with Crippen molar-refractivity contribution in [3.8, 4) is 5.75 Å². The van der Waals surface area contributed by atoms with E-state index in [-0.39, 0.29) is 12.4 Å². The zero-order valence-corrected chi connectivity index (χ0v) is 13.5. The molecule has 0 bridgehead atoms. The third-order valence-corrected chi connectivity index (χ3v) is 4.37. The van der Waals surface area contributed by atoms with Crippen molar-refractivity contribution in [1.82, 2.24) is 9.47 Å². The molecule has 0 spiro atoms. The molecule has 4 heteroatoms. The summed E-state index contributed by atoms with van der Waals surface area (Å²) in [7, 11) is 6.09. The van der Waals surface area contributed by atoms with E-state index in [1.165, 1.54) is 35.0 Å². The summed E-state index contributed by atoms with van der Waals surface area (Å²) in [6.07, 6.45) is 2.50. The fourth-order valence-electron chi connectivity index (χ4n) is 3.40. The fourth-order valence-corrected chi connectivity index (χ4v) is 3.40. The van der Waals surface area contributed by atoms with Crippen LogP contribution in [0.3, 0.4) is 0 Å². The van der Waals surface area contributed by atoms with E-state index in [0.717, 1.165) is 12.3 Å². The molecule has 2 aromatic rings. The van der Waals surface area contributed by atoms with Crippen LogP contribution in [0.2, 0.25) is 0 Å². The van der Waals surface area contributed by atoms with Gasteiger partial charge in [0.2, 0.25) is 0 Å². The SMILES string of the molecule is COc1ccc2c(C)c3n(c2c1)CCCC3N(C)C.Cl. The van der Waals surface area contributed by atoms with Gasteiger partial charge < -0.3 is 14.2 Å². The van der Waals surface area contributed by atoms with Crippen LogP contribution in [-0.4, -0.2) is 30.7 Å². The van der Waals surface area contributed by atoms with E-state index in [1.807, 2.05) is 0 Å². The van der Waals surface area contributed by atoms with Crippen LogP contribution in [0.5, 0.6) is 5.75 Å². The van der Waals surface area contributed by atoms with Crippen molar-refractivity contribution >= 4 is 23.3 Å². The molecule has 0 saturated carbocycles. The van der Waals surface area contributed by atoms with E-state index in [0.29, 0.717) is 6.04 Å². The summed E-state index contributed by atoms with van der Waals surface area (Å²) in [5.41, 5.74) is 4.23. The molecule has 1 unspecified atom stereocenters. The van der Waals surface area contributed by atoms with Crippen LogP contribution in [-0.2, 0) is 6.54 Å². The third kappa shape index (κ3) is 2.19. The standard InChI is InChI=1S/C16H22N2O.ClH/c1-11-13-8-7-12(19-4)10-15(13)18-9-5-6-14(16(11)18)17(2)3;/h7-8,10,14H,5-6,9H2,1-4H3;1H. The van der Waals surface area contributed by atoms with Crippen LogP contribution in [0.1, 0.15) is 30.1 Å². The second-order valence-electron chi connectivity index (χ2n) is 5.67. The van der Waals surface area contributed by atoms with E-state index in [9.17, 15) is 0 Å². The Hall–Kier alpha value is -1.19. The van der Waals surface area contributed by atoms with Crippen molar-refractivity contribution in [2.24, 2.45) is 0 Å². The molecule has 2 heterocycles. The number of ether oxygens (including phenoxy) is 1. The van der Waals surface area contributed by atoms with E-state index in [2.05, 4.69) is 48.7 Å². The van der Waals surface area contributed by atoms with Crippen molar-refractivity contribution in [3.63, 3.8) is 0 Å². The highest BCUT2D eigenvalue weighted by molar-refractivity contribution is 5.87. The minimum Gasteiger partial charge on any atom is -0.497 e. The average molecular weight is 295 g/mol. The van der Waals surface area contributed by atoms with E-state index < -0.39 is 0 Å². The summed E-state index contributed by atoms with van der Waals surface area (Å²) < 4.78 is 7.86. The second kappa shape index (κ2) is 5.66. The molecule has 20 heavy (non-hydrogen) atoms. The van der Waals surface area contributed by atoms with Crippen molar-refractivity contribution in [2.45, 2.75) is 32.4 Å². The minimum atomic E-state index is 0. The van der Waals surface area contributed by atoms with Crippen molar-refractivity contribution in [2.75, 3.05) is 21.2 Å². The van der Waals surface area contributed by atoms with Gasteiger partial charge in [0.25, 0.3) is 0 Å². The molecule has 3 rings (SSSR count). The number of hydrogen-bond donors (Lipinski definition) is 0. The van der Waals surface area contributed by atoms with Gasteiger partial charge in [-0.05, 0) is 51.6 Å². The molecule has 1 aromatic carbocycles. The number of aromatic nitrogens is 1. The predicted octanol–water partition coefficient (Wildman–Crippen LogP) is 3.78. The third-order valence-electron chi connectivity index (χ3n) is 4.37. The van der Waals surface area contributed by atoms with Crippen LogP contribution in [0.4, 0.5) is 0 Å². The molecule has 0 radical (unpaired) electrons. The molecule has 0 N–H and O–H groups in total. The first-order valence-electron chi connectivity index (χ1n) is 6.96. The summed E-state index contributed by atoms with van der Waals surface area (Å²) in [5.74, 6) is 0.944. The number of halogens is 1. The van der Waals surface area contributed by atoms with Crippen LogP contribution in [0.15, 0.2) is 18.2 Å². The Morgan fingerprint density at radius 1 is 1.30 bits per heavy atom. The Morgan fingerprint density at radius 2 is 2.05 bits per heavy atom. The van der Waals surface area contributed by atoms with E-state index in [4.69, 9.17) is 4.74 Å². The quantitative estimate of drug-likeness (QED) is 0.839. The van der Waals surface area contributed by atoms with Gasteiger partial charge in [-0.1, -0.05) is 0 Å². The maximum atomic E-state index is 5.37. The van der Waals surface area contributed by atoms with Crippen molar-refractivity contribution < 1.29 is 4.74 Å². The predicted molar refractivity (Wildman–Crippen MR) is 86.1 cm³/mol. The molecule has 110 valence electrons. The maximum Gasteiger partial charge on any atom is 0.120 e. The first-order valence-corrected chi connectivity index (χ1v) is 6.96. The Bertz CT molecular complexity index is 618. The lowest BCUT2D eigenvalue weighted by molar-refractivity contribution is 0.243. The summed E-state index contributed by atoms with van der Waals surface area (Å²) in [6, 6.07) is 6.96. The maximum absolute atomic E-state index is 5.37.